The summed E-state index contributed by atoms with van der Waals surface area (Å²) >= 11 is 0. The van der Waals surface area contributed by atoms with E-state index in [0.29, 0.717) is 43.4 Å². The Bertz CT molecular complexity index is 835. The normalized spacial score (nSPS) is 14.7. The van der Waals surface area contributed by atoms with Crippen molar-refractivity contribution < 1.29 is 23.6 Å². The third-order valence-corrected chi connectivity index (χ3v) is 4.04. The molecule has 1 aliphatic heterocycles. The Labute approximate surface area is 162 Å². The second kappa shape index (κ2) is 7.83. The first-order valence-corrected chi connectivity index (χ1v) is 8.87. The van der Waals surface area contributed by atoms with Gasteiger partial charge in [0.05, 0.1) is 7.11 Å². The van der Waals surface area contributed by atoms with Gasteiger partial charge in [-0.15, -0.1) is 0 Å². The minimum atomic E-state index is -0.598. The highest BCUT2D eigenvalue weighted by Crippen LogP contribution is 2.20. The van der Waals surface area contributed by atoms with Crippen LogP contribution in [0.25, 0.3) is 11.3 Å². The van der Waals surface area contributed by atoms with Crippen LogP contribution in [0.2, 0.25) is 0 Å². The Morgan fingerprint density at radius 2 is 1.75 bits per heavy atom. The number of anilines is 1. The lowest BCUT2D eigenvalue weighted by Gasteiger charge is -2.35. The highest BCUT2D eigenvalue weighted by Gasteiger charge is 2.26. The summed E-state index contributed by atoms with van der Waals surface area (Å²) in [7, 11) is 1.27. The van der Waals surface area contributed by atoms with Gasteiger partial charge in [-0.25, -0.2) is 19.6 Å². The average Bonchev–Trinajstić information content (AvgIpc) is 3.16. The van der Waals surface area contributed by atoms with Gasteiger partial charge < -0.3 is 23.8 Å². The van der Waals surface area contributed by atoms with E-state index in [0.717, 1.165) is 0 Å². The first kappa shape index (κ1) is 19.6. The molecule has 0 saturated carbocycles. The van der Waals surface area contributed by atoms with E-state index in [9.17, 15) is 9.59 Å². The summed E-state index contributed by atoms with van der Waals surface area (Å²) in [6.07, 6.45) is 2.92. The number of carbonyl (C=O) groups is 2. The molecule has 3 rings (SSSR count). The van der Waals surface area contributed by atoms with Crippen LogP contribution in [0.4, 0.5) is 10.7 Å². The predicted octanol–water partition coefficient (Wildman–Crippen LogP) is 1.98. The molecular formula is C18H23N5O5. The zero-order valence-electron chi connectivity index (χ0n) is 16.3. The van der Waals surface area contributed by atoms with E-state index in [1.54, 1.807) is 17.3 Å². The number of hydrogen-bond donors (Lipinski definition) is 0. The summed E-state index contributed by atoms with van der Waals surface area (Å²) in [5.74, 6) is -0.0248. The predicted molar refractivity (Wildman–Crippen MR) is 98.9 cm³/mol. The number of amides is 1. The number of esters is 1. The average molecular weight is 389 g/mol. The fourth-order valence-corrected chi connectivity index (χ4v) is 2.64. The largest absolute Gasteiger partial charge is 0.463 e. The molecule has 1 amide bonds. The molecule has 0 bridgehead atoms. The molecule has 3 heterocycles. The van der Waals surface area contributed by atoms with Gasteiger partial charge in [-0.05, 0) is 20.8 Å². The van der Waals surface area contributed by atoms with E-state index in [1.807, 2.05) is 25.7 Å². The molecule has 10 heteroatoms. The molecule has 10 nitrogen and oxygen atoms in total. The van der Waals surface area contributed by atoms with Crippen LogP contribution in [0.15, 0.2) is 23.0 Å². The van der Waals surface area contributed by atoms with Crippen molar-refractivity contribution in [2.75, 3.05) is 38.2 Å². The van der Waals surface area contributed by atoms with Gasteiger partial charge in [0.2, 0.25) is 11.7 Å². The van der Waals surface area contributed by atoms with E-state index in [-0.39, 0.29) is 11.9 Å². The number of rotatable bonds is 3. The molecule has 1 aliphatic rings. The second-order valence-electron chi connectivity index (χ2n) is 7.29. The van der Waals surface area contributed by atoms with Crippen LogP contribution < -0.4 is 4.90 Å². The maximum absolute atomic E-state index is 12.1. The fraction of sp³-hybridized carbons (Fsp3) is 0.500. The van der Waals surface area contributed by atoms with Gasteiger partial charge in [-0.2, -0.15) is 0 Å². The van der Waals surface area contributed by atoms with Crippen molar-refractivity contribution in [2.45, 2.75) is 26.4 Å². The molecule has 2 aromatic heterocycles. The van der Waals surface area contributed by atoms with Crippen molar-refractivity contribution in [1.29, 1.82) is 0 Å². The van der Waals surface area contributed by atoms with Gasteiger partial charge in [0, 0.05) is 50.2 Å². The summed E-state index contributed by atoms with van der Waals surface area (Å²) in [6.45, 7) is 7.82. The van der Waals surface area contributed by atoms with Crippen LogP contribution in [0.5, 0.6) is 0 Å². The SMILES string of the molecule is COC(=O)c1cc(-c2cnc(N3CCN(C(=O)OC(C)(C)C)CC3)nc2)no1. The van der Waals surface area contributed by atoms with Gasteiger partial charge in [0.15, 0.2) is 0 Å². The van der Waals surface area contributed by atoms with Crippen LogP contribution >= 0.6 is 0 Å². The van der Waals surface area contributed by atoms with Crippen molar-refractivity contribution in [3.63, 3.8) is 0 Å². The molecule has 1 fully saturated rings. The third-order valence-electron chi connectivity index (χ3n) is 4.04. The van der Waals surface area contributed by atoms with E-state index >= 15 is 0 Å². The van der Waals surface area contributed by atoms with Crippen LogP contribution in [0.1, 0.15) is 31.3 Å². The summed E-state index contributed by atoms with van der Waals surface area (Å²) in [5, 5.41) is 3.83. The fourth-order valence-electron chi connectivity index (χ4n) is 2.64. The molecule has 1 saturated heterocycles. The number of piperazine rings is 1. The molecule has 2 aromatic rings. The van der Waals surface area contributed by atoms with Crippen LogP contribution in [0.3, 0.4) is 0 Å². The highest BCUT2D eigenvalue weighted by molar-refractivity contribution is 5.87. The molecule has 0 spiro atoms. The highest BCUT2D eigenvalue weighted by atomic mass is 16.6. The number of ether oxygens (including phenoxy) is 2. The molecule has 0 aliphatic carbocycles. The first-order valence-electron chi connectivity index (χ1n) is 8.87. The quantitative estimate of drug-likeness (QED) is 0.727. The molecule has 0 radical (unpaired) electrons. The molecule has 0 aromatic carbocycles. The maximum atomic E-state index is 12.1. The van der Waals surface area contributed by atoms with Crippen LogP contribution in [-0.4, -0.2) is 71.0 Å². The Hall–Kier alpha value is -3.17. The monoisotopic (exact) mass is 389 g/mol. The Balaban J connectivity index is 1.60. The number of hydrogen-bond acceptors (Lipinski definition) is 9. The molecule has 0 unspecified atom stereocenters. The minimum Gasteiger partial charge on any atom is -0.463 e. The van der Waals surface area contributed by atoms with Gasteiger partial charge in [-0.1, -0.05) is 5.16 Å². The zero-order chi connectivity index (χ0) is 20.3. The van der Waals surface area contributed by atoms with Crippen molar-refractivity contribution in [1.82, 2.24) is 20.0 Å². The van der Waals surface area contributed by atoms with Crippen molar-refractivity contribution in [3.05, 3.63) is 24.2 Å². The number of carbonyl (C=O) groups excluding carboxylic acids is 2. The van der Waals surface area contributed by atoms with E-state index in [1.165, 1.54) is 13.2 Å². The first-order chi connectivity index (χ1) is 13.3. The summed E-state index contributed by atoms with van der Waals surface area (Å²) in [6, 6.07) is 1.48. The van der Waals surface area contributed by atoms with E-state index in [4.69, 9.17) is 9.26 Å². The summed E-state index contributed by atoms with van der Waals surface area (Å²) < 4.78 is 14.9. The molecular weight excluding hydrogens is 366 g/mol. The standard InChI is InChI=1S/C18H23N5O5/c1-18(2,3)27-17(25)23-7-5-22(6-8-23)16-19-10-12(11-20-16)13-9-14(28-21-13)15(24)26-4/h9-11H,5-8H2,1-4H3. The van der Waals surface area contributed by atoms with Gasteiger partial charge in [0.25, 0.3) is 0 Å². The van der Waals surface area contributed by atoms with E-state index in [2.05, 4.69) is 19.9 Å². The molecule has 150 valence electrons. The third kappa shape index (κ3) is 4.56. The van der Waals surface area contributed by atoms with Gasteiger partial charge >= 0.3 is 12.1 Å². The topological polar surface area (TPSA) is 111 Å². The zero-order valence-corrected chi connectivity index (χ0v) is 16.3. The lowest BCUT2D eigenvalue weighted by molar-refractivity contribution is 0.0240. The Morgan fingerprint density at radius 1 is 1.11 bits per heavy atom. The number of nitrogens with zero attached hydrogens (tertiary/aromatic N) is 5. The number of aromatic nitrogens is 3. The lowest BCUT2D eigenvalue weighted by Crippen LogP contribution is -2.50. The molecule has 0 N–H and O–H groups in total. The van der Waals surface area contributed by atoms with Crippen molar-refractivity contribution in [3.8, 4) is 11.3 Å². The molecule has 28 heavy (non-hydrogen) atoms. The minimum absolute atomic E-state index is 0.0137. The smallest absolute Gasteiger partial charge is 0.410 e. The van der Waals surface area contributed by atoms with Crippen LogP contribution in [0, 0.1) is 0 Å². The van der Waals surface area contributed by atoms with Gasteiger partial charge in [0.1, 0.15) is 11.3 Å². The van der Waals surface area contributed by atoms with Crippen molar-refractivity contribution >= 4 is 18.0 Å². The lowest BCUT2D eigenvalue weighted by atomic mass is 10.2. The summed E-state index contributed by atoms with van der Waals surface area (Å²) in [4.78, 5) is 36.0. The maximum Gasteiger partial charge on any atom is 0.410 e. The summed E-state index contributed by atoms with van der Waals surface area (Å²) in [5.41, 5.74) is 0.555. The Kier molecular flexibility index (Phi) is 5.48. The van der Waals surface area contributed by atoms with Crippen molar-refractivity contribution in [2.24, 2.45) is 0 Å². The van der Waals surface area contributed by atoms with Crippen LogP contribution in [-0.2, 0) is 9.47 Å². The van der Waals surface area contributed by atoms with Gasteiger partial charge in [-0.3, -0.25) is 0 Å². The second-order valence-corrected chi connectivity index (χ2v) is 7.29. The Morgan fingerprint density at radius 3 is 2.32 bits per heavy atom. The van der Waals surface area contributed by atoms with E-state index < -0.39 is 11.6 Å². The number of methoxy groups -OCH3 is 1. The molecule has 0 atom stereocenters.